The van der Waals surface area contributed by atoms with Crippen LogP contribution in [-0.2, 0) is 0 Å². The van der Waals surface area contributed by atoms with Gasteiger partial charge in [-0.25, -0.2) is 4.98 Å². The molecule has 2 heterocycles. The topological polar surface area (TPSA) is 49.8 Å². The number of hydrogen-bond acceptors (Lipinski definition) is 6. The smallest absolute Gasteiger partial charge is 0.225 e. The maximum absolute atomic E-state index is 4.55. The normalized spacial score (nSPS) is 12.6. The van der Waals surface area contributed by atoms with Crippen molar-refractivity contribution in [1.29, 1.82) is 0 Å². The number of aryl methyl sites for hydroxylation is 1. The van der Waals surface area contributed by atoms with Crippen LogP contribution >= 0.6 is 23.1 Å². The van der Waals surface area contributed by atoms with Crippen LogP contribution in [0.5, 0.6) is 0 Å². The summed E-state index contributed by atoms with van der Waals surface area (Å²) in [5, 5.41) is 7.66. The van der Waals surface area contributed by atoms with E-state index < -0.39 is 0 Å². The molecule has 0 aliphatic heterocycles. The van der Waals surface area contributed by atoms with E-state index in [9.17, 15) is 0 Å². The fraction of sp³-hybridized carbons (Fsp3) is 0.538. The number of nitrogens with one attached hydrogen (secondary N) is 2. The first-order chi connectivity index (χ1) is 9.13. The van der Waals surface area contributed by atoms with Gasteiger partial charge in [-0.3, -0.25) is 0 Å². The lowest BCUT2D eigenvalue weighted by Crippen LogP contribution is -2.17. The van der Waals surface area contributed by atoms with E-state index in [0.29, 0.717) is 12.0 Å². The van der Waals surface area contributed by atoms with Crippen molar-refractivity contribution >= 4 is 45.1 Å². The van der Waals surface area contributed by atoms with Crippen molar-refractivity contribution < 1.29 is 0 Å². The fourth-order valence-electron chi connectivity index (χ4n) is 1.86. The molecule has 0 amide bonds. The van der Waals surface area contributed by atoms with E-state index in [4.69, 9.17) is 0 Å². The minimum absolute atomic E-state index is 0.412. The van der Waals surface area contributed by atoms with Gasteiger partial charge in [0.25, 0.3) is 0 Å². The highest BCUT2D eigenvalue weighted by atomic mass is 32.2. The van der Waals surface area contributed by atoms with E-state index in [1.165, 1.54) is 4.88 Å². The predicted octanol–water partition coefficient (Wildman–Crippen LogP) is 3.59. The van der Waals surface area contributed by atoms with Crippen molar-refractivity contribution in [3.8, 4) is 0 Å². The molecule has 104 valence electrons. The average Bonchev–Trinajstić information content (AvgIpc) is 2.76. The Hall–Kier alpha value is -1.01. The van der Waals surface area contributed by atoms with Crippen LogP contribution in [0.4, 0.5) is 11.8 Å². The Bertz CT molecular complexity index is 553. The number of hydrogen-bond donors (Lipinski definition) is 2. The molecule has 0 aromatic carbocycles. The molecule has 4 nitrogen and oxygen atoms in total. The number of rotatable bonds is 6. The van der Waals surface area contributed by atoms with Crippen molar-refractivity contribution in [2.45, 2.75) is 26.3 Å². The van der Waals surface area contributed by atoms with Gasteiger partial charge in [0.1, 0.15) is 10.6 Å². The van der Waals surface area contributed by atoms with Crippen LogP contribution in [0.2, 0.25) is 0 Å². The Morgan fingerprint density at radius 3 is 2.89 bits per heavy atom. The third-order valence-corrected chi connectivity index (χ3v) is 4.47. The molecule has 0 aliphatic rings. The van der Waals surface area contributed by atoms with Crippen molar-refractivity contribution in [2.24, 2.45) is 0 Å². The number of thioether (sulfide) groups is 1. The zero-order chi connectivity index (χ0) is 13.8. The first kappa shape index (κ1) is 14.4. The second-order valence-corrected chi connectivity index (χ2v) is 6.77. The summed E-state index contributed by atoms with van der Waals surface area (Å²) in [6.45, 7) is 4.30. The Morgan fingerprint density at radius 2 is 2.21 bits per heavy atom. The molecule has 2 rings (SSSR count). The molecule has 0 fully saturated rings. The quantitative estimate of drug-likeness (QED) is 0.853. The molecule has 0 spiro atoms. The molecule has 0 bridgehead atoms. The van der Waals surface area contributed by atoms with Crippen LogP contribution in [0.1, 0.15) is 18.2 Å². The highest BCUT2D eigenvalue weighted by Crippen LogP contribution is 2.30. The molecule has 0 aliphatic carbocycles. The SMILES string of the molecule is CNc1nc(NC(C)CCSC)c2cc(C)sc2n1. The van der Waals surface area contributed by atoms with E-state index in [0.717, 1.165) is 28.2 Å². The molecule has 2 N–H and O–H groups in total. The molecular weight excluding hydrogens is 276 g/mol. The van der Waals surface area contributed by atoms with Crippen LogP contribution < -0.4 is 10.6 Å². The molecule has 6 heteroatoms. The summed E-state index contributed by atoms with van der Waals surface area (Å²) in [6.07, 6.45) is 3.27. The number of thiophene rings is 1. The third-order valence-electron chi connectivity index (χ3n) is 2.88. The number of fused-ring (bicyclic) bond motifs is 1. The summed E-state index contributed by atoms with van der Waals surface area (Å²) in [5.74, 6) is 2.77. The first-order valence-corrected chi connectivity index (χ1v) is 8.56. The summed E-state index contributed by atoms with van der Waals surface area (Å²) < 4.78 is 0. The minimum atomic E-state index is 0.412. The van der Waals surface area contributed by atoms with Crippen LogP contribution in [0.25, 0.3) is 10.2 Å². The highest BCUT2D eigenvalue weighted by Gasteiger charge is 2.12. The lowest BCUT2D eigenvalue weighted by Gasteiger charge is -2.15. The van der Waals surface area contributed by atoms with Crippen molar-refractivity contribution in [3.05, 3.63) is 10.9 Å². The van der Waals surface area contributed by atoms with E-state index >= 15 is 0 Å². The Balaban J connectivity index is 2.29. The Labute approximate surface area is 122 Å². The monoisotopic (exact) mass is 296 g/mol. The van der Waals surface area contributed by atoms with Gasteiger partial charge < -0.3 is 10.6 Å². The Kier molecular flexibility index (Phi) is 4.87. The van der Waals surface area contributed by atoms with Gasteiger partial charge in [0.15, 0.2) is 0 Å². The summed E-state index contributed by atoms with van der Waals surface area (Å²) in [5.41, 5.74) is 0. The molecule has 0 radical (unpaired) electrons. The maximum Gasteiger partial charge on any atom is 0.225 e. The summed E-state index contributed by atoms with van der Waals surface area (Å²) in [7, 11) is 1.85. The summed E-state index contributed by atoms with van der Waals surface area (Å²) in [4.78, 5) is 11.3. The summed E-state index contributed by atoms with van der Waals surface area (Å²) in [6, 6.07) is 2.57. The van der Waals surface area contributed by atoms with Gasteiger partial charge in [-0.1, -0.05) is 0 Å². The second-order valence-electron chi connectivity index (χ2n) is 4.55. The standard InChI is InChI=1S/C13H20N4S2/c1-8(5-6-18-4)15-11-10-7-9(2)19-12(10)17-13(14-3)16-11/h7-8H,5-6H2,1-4H3,(H2,14,15,16,17). The molecule has 0 saturated carbocycles. The Morgan fingerprint density at radius 1 is 1.42 bits per heavy atom. The van der Waals surface area contributed by atoms with E-state index in [2.05, 4.69) is 46.8 Å². The summed E-state index contributed by atoms with van der Waals surface area (Å²) >= 11 is 3.58. The van der Waals surface area contributed by atoms with Gasteiger partial charge in [0.2, 0.25) is 5.95 Å². The van der Waals surface area contributed by atoms with Crippen LogP contribution in [0.3, 0.4) is 0 Å². The lowest BCUT2D eigenvalue weighted by atomic mass is 10.2. The van der Waals surface area contributed by atoms with Gasteiger partial charge in [-0.05, 0) is 38.3 Å². The second kappa shape index (κ2) is 6.43. The third kappa shape index (κ3) is 3.51. The molecule has 19 heavy (non-hydrogen) atoms. The molecule has 0 saturated heterocycles. The number of anilines is 2. The van der Waals surface area contributed by atoms with Gasteiger partial charge in [-0.2, -0.15) is 16.7 Å². The maximum atomic E-state index is 4.55. The fourth-order valence-corrected chi connectivity index (χ4v) is 3.33. The number of aromatic nitrogens is 2. The molecule has 1 atom stereocenters. The van der Waals surface area contributed by atoms with Crippen molar-refractivity contribution in [2.75, 3.05) is 29.7 Å². The molecule has 2 aromatic rings. The minimum Gasteiger partial charge on any atom is -0.367 e. The van der Waals surface area contributed by atoms with Gasteiger partial charge in [0.05, 0.1) is 5.39 Å². The molecule has 2 aromatic heterocycles. The average molecular weight is 296 g/mol. The van der Waals surface area contributed by atoms with E-state index in [-0.39, 0.29) is 0 Å². The van der Waals surface area contributed by atoms with E-state index in [1.807, 2.05) is 18.8 Å². The molecule has 1 unspecified atom stereocenters. The van der Waals surface area contributed by atoms with E-state index in [1.54, 1.807) is 11.3 Å². The van der Waals surface area contributed by atoms with Crippen molar-refractivity contribution in [3.63, 3.8) is 0 Å². The van der Waals surface area contributed by atoms with Crippen LogP contribution in [-0.4, -0.2) is 35.1 Å². The zero-order valence-corrected chi connectivity index (χ0v) is 13.4. The van der Waals surface area contributed by atoms with Gasteiger partial charge in [-0.15, -0.1) is 11.3 Å². The highest BCUT2D eigenvalue weighted by molar-refractivity contribution is 7.98. The first-order valence-electron chi connectivity index (χ1n) is 6.35. The van der Waals surface area contributed by atoms with Crippen LogP contribution in [0.15, 0.2) is 6.07 Å². The molecular formula is C13H20N4S2. The van der Waals surface area contributed by atoms with Gasteiger partial charge in [0, 0.05) is 18.0 Å². The van der Waals surface area contributed by atoms with Crippen molar-refractivity contribution in [1.82, 2.24) is 9.97 Å². The number of nitrogens with zero attached hydrogens (tertiary/aromatic N) is 2. The lowest BCUT2D eigenvalue weighted by molar-refractivity contribution is 0.768. The zero-order valence-electron chi connectivity index (χ0n) is 11.8. The van der Waals surface area contributed by atoms with Gasteiger partial charge >= 0.3 is 0 Å². The largest absolute Gasteiger partial charge is 0.367 e. The predicted molar refractivity (Wildman–Crippen MR) is 87.8 cm³/mol. The van der Waals surface area contributed by atoms with Crippen LogP contribution in [0, 0.1) is 6.92 Å².